The first-order chi connectivity index (χ1) is 15.7. The zero-order valence-electron chi connectivity index (χ0n) is 18.6. The molecule has 0 aliphatic heterocycles. The number of amides is 1. The van der Waals surface area contributed by atoms with E-state index in [0.29, 0.717) is 6.61 Å². The van der Waals surface area contributed by atoms with Crippen molar-refractivity contribution >= 4 is 17.7 Å². The molecular formula is C28H31NO3. The van der Waals surface area contributed by atoms with Crippen LogP contribution in [0.25, 0.3) is 6.08 Å². The molecule has 3 rings (SSSR count). The number of anilines is 1. The number of hydrogen-bond donors (Lipinski definition) is 1. The van der Waals surface area contributed by atoms with Crippen LogP contribution < -0.4 is 14.8 Å². The highest BCUT2D eigenvalue weighted by atomic mass is 16.5. The quantitative estimate of drug-likeness (QED) is 0.252. The Morgan fingerprint density at radius 1 is 0.812 bits per heavy atom. The second-order valence-electron chi connectivity index (χ2n) is 7.60. The maximum Gasteiger partial charge on any atom is 0.248 e. The number of nitrogens with one attached hydrogen (secondary N) is 1. The molecule has 0 fully saturated rings. The maximum absolute atomic E-state index is 12.2. The minimum atomic E-state index is -0.178. The summed E-state index contributed by atoms with van der Waals surface area (Å²) in [5.41, 5.74) is 2.79. The summed E-state index contributed by atoms with van der Waals surface area (Å²) in [7, 11) is 0. The van der Waals surface area contributed by atoms with Gasteiger partial charge in [0.05, 0.1) is 6.61 Å². The monoisotopic (exact) mass is 429 g/mol. The lowest BCUT2D eigenvalue weighted by Crippen LogP contribution is -2.07. The first kappa shape index (κ1) is 23.1. The number of rotatable bonds is 12. The first-order valence-electron chi connectivity index (χ1n) is 11.2. The summed E-state index contributed by atoms with van der Waals surface area (Å²) in [6.45, 7) is 3.45. The van der Waals surface area contributed by atoms with E-state index in [4.69, 9.17) is 9.47 Å². The standard InChI is InChI=1S/C28H31NO3/c1-2-3-4-8-21-31-26-18-14-25(15-19-26)29-28(30)20-13-23-11-16-27(17-12-23)32-22-24-9-6-5-7-10-24/h5-7,9-20H,2-4,8,21-22H2,1H3,(H,29,30)/b20-13+. The smallest absolute Gasteiger partial charge is 0.248 e. The molecule has 166 valence electrons. The molecule has 0 unspecified atom stereocenters. The van der Waals surface area contributed by atoms with Crippen molar-refractivity contribution in [1.82, 2.24) is 0 Å². The second-order valence-corrected chi connectivity index (χ2v) is 7.60. The van der Waals surface area contributed by atoms with E-state index < -0.39 is 0 Å². The molecule has 0 radical (unpaired) electrons. The van der Waals surface area contributed by atoms with Crippen molar-refractivity contribution in [1.29, 1.82) is 0 Å². The van der Waals surface area contributed by atoms with Gasteiger partial charge in [-0.2, -0.15) is 0 Å². The number of carbonyl (C=O) groups excluding carboxylic acids is 1. The lowest BCUT2D eigenvalue weighted by atomic mass is 10.2. The fourth-order valence-electron chi connectivity index (χ4n) is 3.13. The van der Waals surface area contributed by atoms with Gasteiger partial charge < -0.3 is 14.8 Å². The summed E-state index contributed by atoms with van der Waals surface area (Å²) in [4.78, 5) is 12.2. The van der Waals surface area contributed by atoms with Crippen molar-refractivity contribution in [2.45, 2.75) is 39.2 Å². The molecule has 0 aliphatic rings. The van der Waals surface area contributed by atoms with Crippen molar-refractivity contribution in [2.75, 3.05) is 11.9 Å². The first-order valence-corrected chi connectivity index (χ1v) is 11.2. The summed E-state index contributed by atoms with van der Waals surface area (Å²) < 4.78 is 11.5. The van der Waals surface area contributed by atoms with Crippen LogP contribution in [0, 0.1) is 0 Å². The Balaban J connectivity index is 1.41. The fraction of sp³-hybridized carbons (Fsp3) is 0.250. The Bertz CT molecular complexity index is 964. The maximum atomic E-state index is 12.2. The summed E-state index contributed by atoms with van der Waals surface area (Å²) in [6, 6.07) is 25.2. The summed E-state index contributed by atoms with van der Waals surface area (Å²) >= 11 is 0. The van der Waals surface area contributed by atoms with Crippen LogP contribution in [-0.4, -0.2) is 12.5 Å². The van der Waals surface area contributed by atoms with Crippen LogP contribution in [0.15, 0.2) is 84.9 Å². The Morgan fingerprint density at radius 3 is 2.22 bits per heavy atom. The van der Waals surface area contributed by atoms with Gasteiger partial charge in [0.25, 0.3) is 0 Å². The average molecular weight is 430 g/mol. The highest BCUT2D eigenvalue weighted by Gasteiger charge is 2.00. The van der Waals surface area contributed by atoms with Gasteiger partial charge in [0, 0.05) is 11.8 Å². The Morgan fingerprint density at radius 2 is 1.50 bits per heavy atom. The van der Waals surface area contributed by atoms with Crippen LogP contribution >= 0.6 is 0 Å². The van der Waals surface area contributed by atoms with Crippen LogP contribution in [0.2, 0.25) is 0 Å². The van der Waals surface area contributed by atoms with Crippen LogP contribution in [0.1, 0.15) is 43.7 Å². The van der Waals surface area contributed by atoms with E-state index in [0.717, 1.165) is 41.3 Å². The van der Waals surface area contributed by atoms with Gasteiger partial charge in [-0.05, 0) is 60.0 Å². The van der Waals surface area contributed by atoms with Gasteiger partial charge >= 0.3 is 0 Å². The number of ether oxygens (including phenoxy) is 2. The molecule has 32 heavy (non-hydrogen) atoms. The third kappa shape index (κ3) is 8.31. The van der Waals surface area contributed by atoms with E-state index in [2.05, 4.69) is 12.2 Å². The van der Waals surface area contributed by atoms with Gasteiger partial charge in [-0.15, -0.1) is 0 Å². The van der Waals surface area contributed by atoms with E-state index in [9.17, 15) is 4.79 Å². The predicted octanol–water partition coefficient (Wildman–Crippen LogP) is 6.88. The number of unbranched alkanes of at least 4 members (excludes halogenated alkanes) is 3. The highest BCUT2D eigenvalue weighted by molar-refractivity contribution is 6.01. The van der Waals surface area contributed by atoms with Crippen LogP contribution in [0.3, 0.4) is 0 Å². The van der Waals surface area contributed by atoms with Gasteiger partial charge in [-0.3, -0.25) is 4.79 Å². The second kappa shape index (κ2) is 13.0. The van der Waals surface area contributed by atoms with Crippen molar-refractivity contribution in [3.05, 3.63) is 96.1 Å². The molecule has 0 aromatic heterocycles. The SMILES string of the molecule is CCCCCCOc1ccc(NC(=O)/C=C/c2ccc(OCc3ccccc3)cc2)cc1. The largest absolute Gasteiger partial charge is 0.494 e. The van der Waals surface area contributed by atoms with Gasteiger partial charge in [-0.1, -0.05) is 68.7 Å². The summed E-state index contributed by atoms with van der Waals surface area (Å²) in [6.07, 6.45) is 8.03. The number of hydrogen-bond acceptors (Lipinski definition) is 3. The molecule has 0 atom stereocenters. The van der Waals surface area contributed by atoms with E-state index in [1.165, 1.54) is 25.3 Å². The molecular weight excluding hydrogens is 398 g/mol. The normalized spacial score (nSPS) is 10.8. The Hall–Kier alpha value is -3.53. The van der Waals surface area contributed by atoms with Crippen LogP contribution in [-0.2, 0) is 11.4 Å². The van der Waals surface area contributed by atoms with Crippen molar-refractivity contribution in [3.8, 4) is 11.5 Å². The van der Waals surface area contributed by atoms with Crippen LogP contribution in [0.5, 0.6) is 11.5 Å². The summed E-state index contributed by atoms with van der Waals surface area (Å²) in [5, 5.41) is 2.87. The predicted molar refractivity (Wildman–Crippen MR) is 131 cm³/mol. The third-order valence-corrected chi connectivity index (χ3v) is 4.94. The minimum absolute atomic E-state index is 0.178. The molecule has 0 heterocycles. The molecule has 1 N–H and O–H groups in total. The molecule has 3 aromatic carbocycles. The molecule has 4 nitrogen and oxygen atoms in total. The molecule has 4 heteroatoms. The van der Waals surface area contributed by atoms with Gasteiger partial charge in [0.15, 0.2) is 0 Å². The number of benzene rings is 3. The van der Waals surface area contributed by atoms with Crippen molar-refractivity contribution in [3.63, 3.8) is 0 Å². The summed E-state index contributed by atoms with van der Waals surface area (Å²) in [5.74, 6) is 1.44. The third-order valence-electron chi connectivity index (χ3n) is 4.94. The molecule has 0 saturated carbocycles. The van der Waals surface area contributed by atoms with Gasteiger partial charge in [-0.25, -0.2) is 0 Å². The molecule has 0 spiro atoms. The van der Waals surface area contributed by atoms with Gasteiger partial charge in [0.1, 0.15) is 18.1 Å². The van der Waals surface area contributed by atoms with Crippen molar-refractivity contribution in [2.24, 2.45) is 0 Å². The van der Waals surface area contributed by atoms with Crippen molar-refractivity contribution < 1.29 is 14.3 Å². The topological polar surface area (TPSA) is 47.6 Å². The fourth-order valence-corrected chi connectivity index (χ4v) is 3.13. The van der Waals surface area contributed by atoms with E-state index in [1.807, 2.05) is 78.9 Å². The zero-order chi connectivity index (χ0) is 22.4. The molecule has 0 saturated heterocycles. The molecule has 0 bridgehead atoms. The lowest BCUT2D eigenvalue weighted by molar-refractivity contribution is -0.111. The van der Waals surface area contributed by atoms with E-state index >= 15 is 0 Å². The molecule has 3 aromatic rings. The van der Waals surface area contributed by atoms with E-state index in [-0.39, 0.29) is 5.91 Å². The van der Waals surface area contributed by atoms with Crippen LogP contribution in [0.4, 0.5) is 5.69 Å². The lowest BCUT2D eigenvalue weighted by Gasteiger charge is -2.07. The highest BCUT2D eigenvalue weighted by Crippen LogP contribution is 2.17. The molecule has 0 aliphatic carbocycles. The van der Waals surface area contributed by atoms with E-state index in [1.54, 1.807) is 6.08 Å². The Kier molecular flexibility index (Phi) is 9.40. The Labute approximate surface area is 190 Å². The average Bonchev–Trinajstić information content (AvgIpc) is 2.84. The zero-order valence-corrected chi connectivity index (χ0v) is 18.6. The van der Waals surface area contributed by atoms with Gasteiger partial charge in [0.2, 0.25) is 5.91 Å². The number of carbonyl (C=O) groups is 1. The molecule has 1 amide bonds. The minimum Gasteiger partial charge on any atom is -0.494 e.